The molecule has 0 aromatic carbocycles. The summed E-state index contributed by atoms with van der Waals surface area (Å²) >= 11 is 0. The van der Waals surface area contributed by atoms with Gasteiger partial charge in [-0.2, -0.15) is 0 Å². The van der Waals surface area contributed by atoms with E-state index in [0.717, 1.165) is 23.9 Å². The highest BCUT2D eigenvalue weighted by Crippen LogP contribution is 2.29. The van der Waals surface area contributed by atoms with Crippen LogP contribution < -0.4 is 5.32 Å². The summed E-state index contributed by atoms with van der Waals surface area (Å²) in [7, 11) is 0. The van der Waals surface area contributed by atoms with Gasteiger partial charge in [-0.25, -0.2) is 0 Å². The molecular formula is C17H34N2. The highest BCUT2D eigenvalue weighted by Gasteiger charge is 2.34. The Labute approximate surface area is 120 Å². The predicted octanol–water partition coefficient (Wildman–Crippen LogP) is 3.67. The van der Waals surface area contributed by atoms with E-state index < -0.39 is 0 Å². The molecular weight excluding hydrogens is 232 g/mol. The van der Waals surface area contributed by atoms with Crippen molar-refractivity contribution in [1.29, 1.82) is 0 Å². The van der Waals surface area contributed by atoms with Gasteiger partial charge in [0.25, 0.3) is 0 Å². The van der Waals surface area contributed by atoms with E-state index in [1.165, 1.54) is 64.6 Å². The molecule has 2 rings (SSSR count). The van der Waals surface area contributed by atoms with Crippen LogP contribution in [0.25, 0.3) is 0 Å². The standard InChI is InChI=1S/C17H34N2/c1-4-11-19-13-16(15-9-7-6-8-10-15)18-12-17(19)14(3)5-2/h14-18H,4-13H2,1-3H3. The highest BCUT2D eigenvalue weighted by molar-refractivity contribution is 4.92. The van der Waals surface area contributed by atoms with Gasteiger partial charge in [-0.1, -0.05) is 46.5 Å². The number of hydrogen-bond acceptors (Lipinski definition) is 2. The number of nitrogens with zero attached hydrogens (tertiary/aromatic N) is 1. The third-order valence-corrected chi connectivity index (χ3v) is 5.52. The van der Waals surface area contributed by atoms with Crippen molar-refractivity contribution < 1.29 is 0 Å². The molecule has 0 radical (unpaired) electrons. The summed E-state index contributed by atoms with van der Waals surface area (Å²) in [5.41, 5.74) is 0. The van der Waals surface area contributed by atoms with Crippen LogP contribution in [0, 0.1) is 11.8 Å². The third-order valence-electron chi connectivity index (χ3n) is 5.52. The Balaban J connectivity index is 1.93. The average Bonchev–Trinajstić information content (AvgIpc) is 2.47. The SMILES string of the molecule is CCCN1CC(C2CCCCC2)NCC1C(C)CC. The van der Waals surface area contributed by atoms with Crippen LogP contribution >= 0.6 is 0 Å². The van der Waals surface area contributed by atoms with Crippen molar-refractivity contribution in [2.45, 2.75) is 77.8 Å². The Kier molecular flexibility index (Phi) is 6.15. The number of nitrogens with one attached hydrogen (secondary N) is 1. The normalized spacial score (nSPS) is 32.4. The quantitative estimate of drug-likeness (QED) is 0.817. The van der Waals surface area contributed by atoms with E-state index in [0.29, 0.717) is 0 Å². The molecule has 0 spiro atoms. The van der Waals surface area contributed by atoms with Crippen molar-refractivity contribution in [2.24, 2.45) is 11.8 Å². The van der Waals surface area contributed by atoms with Crippen LogP contribution in [0.15, 0.2) is 0 Å². The lowest BCUT2D eigenvalue weighted by molar-refractivity contribution is 0.0669. The molecule has 3 atom stereocenters. The zero-order valence-electron chi connectivity index (χ0n) is 13.3. The molecule has 1 aliphatic heterocycles. The smallest absolute Gasteiger partial charge is 0.0246 e. The summed E-state index contributed by atoms with van der Waals surface area (Å²) in [6, 6.07) is 1.54. The van der Waals surface area contributed by atoms with Crippen LogP contribution in [0.1, 0.15) is 65.7 Å². The van der Waals surface area contributed by atoms with Gasteiger partial charge in [0.1, 0.15) is 0 Å². The number of rotatable bonds is 5. The van der Waals surface area contributed by atoms with Gasteiger partial charge in [0.2, 0.25) is 0 Å². The van der Waals surface area contributed by atoms with Crippen molar-refractivity contribution in [3.05, 3.63) is 0 Å². The monoisotopic (exact) mass is 266 g/mol. The molecule has 0 amide bonds. The van der Waals surface area contributed by atoms with Gasteiger partial charge < -0.3 is 5.32 Å². The van der Waals surface area contributed by atoms with Gasteiger partial charge in [0.05, 0.1) is 0 Å². The minimum absolute atomic E-state index is 0.768. The molecule has 2 aliphatic rings. The maximum absolute atomic E-state index is 3.90. The summed E-state index contributed by atoms with van der Waals surface area (Å²) in [5.74, 6) is 1.78. The first kappa shape index (κ1) is 15.3. The van der Waals surface area contributed by atoms with Crippen molar-refractivity contribution >= 4 is 0 Å². The van der Waals surface area contributed by atoms with Crippen LogP contribution in [0.5, 0.6) is 0 Å². The maximum Gasteiger partial charge on any atom is 0.0246 e. The third kappa shape index (κ3) is 3.95. The molecule has 19 heavy (non-hydrogen) atoms. The fraction of sp³-hybridized carbons (Fsp3) is 1.00. The lowest BCUT2D eigenvalue weighted by Gasteiger charge is -2.46. The molecule has 1 N–H and O–H groups in total. The molecule has 2 fully saturated rings. The second-order valence-corrected chi connectivity index (χ2v) is 6.86. The summed E-state index contributed by atoms with van der Waals surface area (Å²) in [6.07, 6.45) is 9.93. The van der Waals surface area contributed by atoms with E-state index >= 15 is 0 Å². The van der Waals surface area contributed by atoms with Gasteiger partial charge >= 0.3 is 0 Å². The molecule has 2 heteroatoms. The summed E-state index contributed by atoms with van der Waals surface area (Å²) in [6.45, 7) is 10.9. The molecule has 3 unspecified atom stereocenters. The second-order valence-electron chi connectivity index (χ2n) is 6.86. The van der Waals surface area contributed by atoms with Crippen molar-refractivity contribution in [2.75, 3.05) is 19.6 Å². The van der Waals surface area contributed by atoms with Crippen LogP contribution in [0.3, 0.4) is 0 Å². The van der Waals surface area contributed by atoms with E-state index in [1.807, 2.05) is 0 Å². The fourth-order valence-electron chi connectivity index (χ4n) is 4.08. The van der Waals surface area contributed by atoms with E-state index in [9.17, 15) is 0 Å². The first-order valence-corrected chi connectivity index (χ1v) is 8.73. The van der Waals surface area contributed by atoms with Crippen molar-refractivity contribution in [3.63, 3.8) is 0 Å². The molecule has 0 bridgehead atoms. The molecule has 1 aliphatic carbocycles. The Morgan fingerprint density at radius 1 is 1.16 bits per heavy atom. The van der Waals surface area contributed by atoms with Crippen LogP contribution in [-0.4, -0.2) is 36.6 Å². The Morgan fingerprint density at radius 2 is 1.89 bits per heavy atom. The maximum atomic E-state index is 3.90. The van der Waals surface area contributed by atoms with Gasteiger partial charge in [-0.3, -0.25) is 4.90 Å². The topological polar surface area (TPSA) is 15.3 Å². The largest absolute Gasteiger partial charge is 0.311 e. The number of hydrogen-bond donors (Lipinski definition) is 1. The van der Waals surface area contributed by atoms with E-state index in [2.05, 4.69) is 31.0 Å². The number of piperazine rings is 1. The Morgan fingerprint density at radius 3 is 2.53 bits per heavy atom. The summed E-state index contributed by atoms with van der Waals surface area (Å²) < 4.78 is 0. The minimum atomic E-state index is 0.768. The van der Waals surface area contributed by atoms with Gasteiger partial charge in [-0.05, 0) is 37.6 Å². The molecule has 1 saturated carbocycles. The van der Waals surface area contributed by atoms with Crippen molar-refractivity contribution in [1.82, 2.24) is 10.2 Å². The fourth-order valence-corrected chi connectivity index (χ4v) is 4.08. The van der Waals surface area contributed by atoms with E-state index in [4.69, 9.17) is 0 Å². The highest BCUT2D eigenvalue weighted by atomic mass is 15.2. The lowest BCUT2D eigenvalue weighted by Crippen LogP contribution is -2.60. The molecule has 0 aromatic rings. The first-order valence-electron chi connectivity index (χ1n) is 8.73. The van der Waals surface area contributed by atoms with Gasteiger partial charge in [-0.15, -0.1) is 0 Å². The van der Waals surface area contributed by atoms with Gasteiger partial charge in [0.15, 0.2) is 0 Å². The molecule has 1 heterocycles. The van der Waals surface area contributed by atoms with Crippen molar-refractivity contribution in [3.8, 4) is 0 Å². The van der Waals surface area contributed by atoms with Crippen LogP contribution in [0.4, 0.5) is 0 Å². The molecule has 112 valence electrons. The zero-order chi connectivity index (χ0) is 13.7. The van der Waals surface area contributed by atoms with E-state index in [1.54, 1.807) is 0 Å². The molecule has 1 saturated heterocycles. The van der Waals surface area contributed by atoms with Gasteiger partial charge in [0, 0.05) is 25.2 Å². The Bertz CT molecular complexity index is 248. The first-order chi connectivity index (χ1) is 9.26. The average molecular weight is 266 g/mol. The molecule has 0 aromatic heterocycles. The molecule has 2 nitrogen and oxygen atoms in total. The predicted molar refractivity (Wildman–Crippen MR) is 83.5 cm³/mol. The minimum Gasteiger partial charge on any atom is -0.311 e. The second kappa shape index (κ2) is 7.64. The van der Waals surface area contributed by atoms with Crippen LogP contribution in [0.2, 0.25) is 0 Å². The van der Waals surface area contributed by atoms with E-state index in [-0.39, 0.29) is 0 Å². The van der Waals surface area contributed by atoms with Crippen LogP contribution in [-0.2, 0) is 0 Å². The summed E-state index contributed by atoms with van der Waals surface area (Å²) in [4.78, 5) is 2.80. The lowest BCUT2D eigenvalue weighted by atomic mass is 9.82. The zero-order valence-corrected chi connectivity index (χ0v) is 13.3. The Hall–Kier alpha value is -0.0800. The summed E-state index contributed by atoms with van der Waals surface area (Å²) in [5, 5.41) is 3.90.